The van der Waals surface area contributed by atoms with Crippen LogP contribution in [0.1, 0.15) is 0 Å². The van der Waals surface area contributed by atoms with E-state index in [9.17, 15) is 13.2 Å². The molecule has 0 spiro atoms. The summed E-state index contributed by atoms with van der Waals surface area (Å²) in [5.74, 6) is -1.16. The summed E-state index contributed by atoms with van der Waals surface area (Å²) in [5, 5.41) is 8.81. The van der Waals surface area contributed by atoms with Crippen molar-refractivity contribution in [2.24, 2.45) is 5.73 Å². The molecule has 1 saturated heterocycles. The normalized spacial score (nSPS) is 18.4. The van der Waals surface area contributed by atoms with E-state index < -0.39 is 22.6 Å². The molecular weight excluding hydrogens is 274 g/mol. The Morgan fingerprint density at radius 3 is 2.16 bits per heavy atom. The van der Waals surface area contributed by atoms with Crippen LogP contribution in [0.5, 0.6) is 0 Å². The van der Waals surface area contributed by atoms with Crippen LogP contribution in [0.2, 0.25) is 0 Å². The molecule has 0 aliphatic carbocycles. The van der Waals surface area contributed by atoms with Crippen LogP contribution in [-0.4, -0.2) is 87.5 Å². The van der Waals surface area contributed by atoms with Gasteiger partial charge in [0.15, 0.2) is 0 Å². The summed E-state index contributed by atoms with van der Waals surface area (Å²) in [6, 6.07) is 0. The number of piperazine rings is 1. The molecule has 3 N–H and O–H groups in total. The molecule has 0 bridgehead atoms. The lowest BCUT2D eigenvalue weighted by atomic mass is 10.3. The predicted molar refractivity (Wildman–Crippen MR) is 68.9 cm³/mol. The first-order valence-corrected chi connectivity index (χ1v) is 7.75. The van der Waals surface area contributed by atoms with E-state index in [4.69, 9.17) is 10.8 Å². The van der Waals surface area contributed by atoms with Crippen LogP contribution in [0.3, 0.4) is 0 Å². The zero-order valence-corrected chi connectivity index (χ0v) is 11.6. The lowest BCUT2D eigenvalue weighted by Gasteiger charge is -2.34. The Morgan fingerprint density at radius 1 is 1.16 bits per heavy atom. The maximum absolute atomic E-state index is 11.4. The summed E-state index contributed by atoms with van der Waals surface area (Å²) in [7, 11) is -3.84. The second-order valence-corrected chi connectivity index (χ2v) is 6.02. The van der Waals surface area contributed by atoms with Crippen LogP contribution in [0, 0.1) is 0 Å². The van der Waals surface area contributed by atoms with Crippen molar-refractivity contribution in [2.75, 3.05) is 58.2 Å². The summed E-state index contributed by atoms with van der Waals surface area (Å²) >= 11 is 0. The Hall–Kier alpha value is -0.740. The fourth-order valence-electron chi connectivity index (χ4n) is 1.84. The fourth-order valence-corrected chi connectivity index (χ4v) is 2.75. The second-order valence-electron chi connectivity index (χ2n) is 4.33. The highest BCUT2D eigenvalue weighted by atomic mass is 32.2. The highest BCUT2D eigenvalue weighted by molar-refractivity contribution is 7.87. The van der Waals surface area contributed by atoms with Crippen molar-refractivity contribution < 1.29 is 22.5 Å². The largest absolute Gasteiger partial charge is 0.395 e. The minimum atomic E-state index is -3.84. The summed E-state index contributed by atoms with van der Waals surface area (Å²) < 4.78 is 27.2. The van der Waals surface area contributed by atoms with Crippen LogP contribution in [0.25, 0.3) is 0 Å². The molecule has 0 saturated carbocycles. The average Bonchev–Trinajstić information content (AvgIpc) is 2.38. The Bertz CT molecular complexity index is 379. The smallest absolute Gasteiger partial charge is 0.335 e. The predicted octanol–water partition coefficient (Wildman–Crippen LogP) is -2.57. The third kappa shape index (κ3) is 6.30. The molecule has 8 nitrogen and oxygen atoms in total. The van der Waals surface area contributed by atoms with Gasteiger partial charge in [-0.2, -0.15) is 8.42 Å². The van der Waals surface area contributed by atoms with Crippen molar-refractivity contribution in [2.45, 2.75) is 0 Å². The number of rotatable bonds is 7. The van der Waals surface area contributed by atoms with E-state index in [2.05, 4.69) is 9.08 Å². The first-order valence-electron chi connectivity index (χ1n) is 6.17. The SMILES string of the molecule is NCC(=O)OS(=O)(=O)CCN1CCN(CCO)CC1. The molecule has 1 aliphatic rings. The van der Waals surface area contributed by atoms with Gasteiger partial charge in [-0.25, -0.2) is 4.79 Å². The van der Waals surface area contributed by atoms with Crippen molar-refractivity contribution in [3.63, 3.8) is 0 Å². The molecule has 0 unspecified atom stereocenters. The van der Waals surface area contributed by atoms with E-state index in [0.717, 1.165) is 26.2 Å². The van der Waals surface area contributed by atoms with Crippen molar-refractivity contribution in [1.29, 1.82) is 0 Å². The third-order valence-corrected chi connectivity index (χ3v) is 4.05. The van der Waals surface area contributed by atoms with Gasteiger partial charge in [0.1, 0.15) is 0 Å². The van der Waals surface area contributed by atoms with Crippen LogP contribution >= 0.6 is 0 Å². The molecule has 0 aromatic heterocycles. The minimum Gasteiger partial charge on any atom is -0.395 e. The number of nitrogens with zero attached hydrogens (tertiary/aromatic N) is 2. The first-order chi connectivity index (χ1) is 8.96. The molecule has 0 aromatic carbocycles. The van der Waals surface area contributed by atoms with Crippen molar-refractivity contribution in [3.8, 4) is 0 Å². The number of carbonyl (C=O) groups is 1. The number of hydrogen-bond donors (Lipinski definition) is 2. The Balaban J connectivity index is 2.28. The zero-order chi connectivity index (χ0) is 14.3. The van der Waals surface area contributed by atoms with Gasteiger partial charge in [0.2, 0.25) is 0 Å². The quantitative estimate of drug-likeness (QED) is 0.493. The molecule has 19 heavy (non-hydrogen) atoms. The van der Waals surface area contributed by atoms with Crippen LogP contribution in [-0.2, 0) is 19.1 Å². The first kappa shape index (κ1) is 16.3. The summed E-state index contributed by atoms with van der Waals surface area (Å²) in [5.41, 5.74) is 4.99. The highest BCUT2D eigenvalue weighted by Gasteiger charge is 2.21. The number of carbonyl (C=O) groups excluding carboxylic acids is 1. The third-order valence-electron chi connectivity index (χ3n) is 2.93. The highest BCUT2D eigenvalue weighted by Crippen LogP contribution is 2.03. The molecule has 0 atom stereocenters. The summed E-state index contributed by atoms with van der Waals surface area (Å²) in [6.07, 6.45) is 0. The van der Waals surface area contributed by atoms with Gasteiger partial charge in [-0.15, -0.1) is 0 Å². The maximum Gasteiger partial charge on any atom is 0.335 e. The van der Waals surface area contributed by atoms with Crippen LogP contribution in [0.4, 0.5) is 0 Å². The van der Waals surface area contributed by atoms with Gasteiger partial charge in [0.25, 0.3) is 0 Å². The number of β-amino-alcohol motifs (C(OH)–C–C–N with tert-alkyl or cyclic N) is 1. The van der Waals surface area contributed by atoms with Gasteiger partial charge in [-0.05, 0) is 0 Å². The van der Waals surface area contributed by atoms with E-state index >= 15 is 0 Å². The number of hydrogen-bond acceptors (Lipinski definition) is 8. The Kier molecular flexibility index (Phi) is 6.66. The molecule has 1 aliphatic heterocycles. The van der Waals surface area contributed by atoms with Crippen LogP contribution in [0.15, 0.2) is 0 Å². The molecule has 1 rings (SSSR count). The molecule has 0 radical (unpaired) electrons. The van der Waals surface area contributed by atoms with E-state index in [0.29, 0.717) is 13.1 Å². The molecule has 0 aromatic rings. The van der Waals surface area contributed by atoms with Crippen molar-refractivity contribution in [3.05, 3.63) is 0 Å². The molecule has 1 fully saturated rings. The van der Waals surface area contributed by atoms with E-state index in [-0.39, 0.29) is 12.4 Å². The van der Waals surface area contributed by atoms with Gasteiger partial charge in [-0.3, -0.25) is 9.80 Å². The number of aliphatic hydroxyl groups excluding tert-OH is 1. The fraction of sp³-hybridized carbons (Fsp3) is 0.900. The van der Waals surface area contributed by atoms with Crippen LogP contribution < -0.4 is 5.73 Å². The van der Waals surface area contributed by atoms with Gasteiger partial charge < -0.3 is 15.0 Å². The molecule has 9 heteroatoms. The molecule has 112 valence electrons. The zero-order valence-electron chi connectivity index (χ0n) is 10.8. The molecule has 1 heterocycles. The monoisotopic (exact) mass is 295 g/mol. The van der Waals surface area contributed by atoms with E-state index in [1.165, 1.54) is 0 Å². The number of aliphatic hydroxyl groups is 1. The van der Waals surface area contributed by atoms with Gasteiger partial charge in [-0.1, -0.05) is 0 Å². The van der Waals surface area contributed by atoms with Gasteiger partial charge in [0.05, 0.1) is 18.9 Å². The Morgan fingerprint density at radius 2 is 1.68 bits per heavy atom. The van der Waals surface area contributed by atoms with E-state index in [1.807, 2.05) is 4.90 Å². The summed E-state index contributed by atoms with van der Waals surface area (Å²) in [4.78, 5) is 14.9. The number of nitrogens with two attached hydrogens (primary N) is 1. The molecular formula is C10H21N3O5S. The van der Waals surface area contributed by atoms with Gasteiger partial charge in [0, 0.05) is 39.3 Å². The standard InChI is InChI=1S/C10H21N3O5S/c11-9-10(15)18-19(16,17)8-6-13-3-1-12(2-4-13)5-7-14/h14H,1-9,11H2. The van der Waals surface area contributed by atoms with Gasteiger partial charge >= 0.3 is 16.1 Å². The van der Waals surface area contributed by atoms with Crippen molar-refractivity contribution >= 4 is 16.1 Å². The Labute approximate surface area is 113 Å². The molecule has 0 amide bonds. The maximum atomic E-state index is 11.4. The van der Waals surface area contributed by atoms with Crippen molar-refractivity contribution in [1.82, 2.24) is 9.80 Å². The second kappa shape index (κ2) is 7.75. The lowest BCUT2D eigenvalue weighted by Crippen LogP contribution is -2.48. The topological polar surface area (TPSA) is 113 Å². The average molecular weight is 295 g/mol. The minimum absolute atomic E-state index is 0.128. The lowest BCUT2D eigenvalue weighted by molar-refractivity contribution is -0.132. The summed E-state index contributed by atoms with van der Waals surface area (Å²) in [6.45, 7) is 3.71. The van der Waals surface area contributed by atoms with E-state index in [1.54, 1.807) is 0 Å².